The van der Waals surface area contributed by atoms with E-state index in [0.29, 0.717) is 6.10 Å². The molecule has 1 heteroatoms. The van der Waals surface area contributed by atoms with Crippen molar-refractivity contribution in [3.8, 4) is 0 Å². The van der Waals surface area contributed by atoms with E-state index in [1.807, 2.05) is 0 Å². The van der Waals surface area contributed by atoms with E-state index in [1.165, 1.54) is 19.3 Å². The predicted molar refractivity (Wildman–Crippen MR) is 38.4 cm³/mol. The standard InChI is InChI=1S/C8H16O/c1-3-9-8-6-4-5-7(8)2/h7-8H,3-6H2,1-2H3/t7-,8-/m1/s1. The van der Waals surface area contributed by atoms with Crippen molar-refractivity contribution >= 4 is 0 Å². The third-order valence-corrected chi connectivity index (χ3v) is 2.16. The molecular formula is C8H16O. The fourth-order valence-electron chi connectivity index (χ4n) is 1.57. The molecule has 0 aromatic heterocycles. The third-order valence-electron chi connectivity index (χ3n) is 2.16. The molecule has 0 spiro atoms. The highest BCUT2D eigenvalue weighted by atomic mass is 16.5. The zero-order chi connectivity index (χ0) is 6.69. The molecule has 0 bridgehead atoms. The molecular weight excluding hydrogens is 112 g/mol. The molecule has 1 aliphatic carbocycles. The number of hydrogen-bond acceptors (Lipinski definition) is 1. The van der Waals surface area contributed by atoms with Gasteiger partial charge in [-0.05, 0) is 25.7 Å². The van der Waals surface area contributed by atoms with Gasteiger partial charge >= 0.3 is 0 Å². The predicted octanol–water partition coefficient (Wildman–Crippen LogP) is 2.21. The molecule has 1 rings (SSSR count). The first-order valence-electron chi connectivity index (χ1n) is 3.96. The summed E-state index contributed by atoms with van der Waals surface area (Å²) in [5.41, 5.74) is 0. The minimum atomic E-state index is 0.579. The van der Waals surface area contributed by atoms with Gasteiger partial charge in [0, 0.05) is 6.61 Å². The Morgan fingerprint density at radius 2 is 2.22 bits per heavy atom. The van der Waals surface area contributed by atoms with Crippen molar-refractivity contribution in [1.29, 1.82) is 0 Å². The lowest BCUT2D eigenvalue weighted by Crippen LogP contribution is -2.14. The number of hydrogen-bond donors (Lipinski definition) is 0. The highest BCUT2D eigenvalue weighted by Crippen LogP contribution is 2.27. The van der Waals surface area contributed by atoms with Crippen LogP contribution in [0.3, 0.4) is 0 Å². The molecule has 0 aromatic rings. The Hall–Kier alpha value is -0.0400. The fourth-order valence-corrected chi connectivity index (χ4v) is 1.57. The van der Waals surface area contributed by atoms with Crippen molar-refractivity contribution < 1.29 is 4.74 Å². The van der Waals surface area contributed by atoms with Gasteiger partial charge in [-0.15, -0.1) is 0 Å². The summed E-state index contributed by atoms with van der Waals surface area (Å²) in [6.07, 6.45) is 4.60. The zero-order valence-electron chi connectivity index (χ0n) is 6.39. The average molecular weight is 128 g/mol. The minimum Gasteiger partial charge on any atom is -0.378 e. The van der Waals surface area contributed by atoms with Gasteiger partial charge in [-0.25, -0.2) is 0 Å². The summed E-state index contributed by atoms with van der Waals surface area (Å²) in [4.78, 5) is 0. The first-order valence-corrected chi connectivity index (χ1v) is 3.96. The fraction of sp³-hybridized carbons (Fsp3) is 1.00. The van der Waals surface area contributed by atoms with Crippen LogP contribution in [0, 0.1) is 5.92 Å². The van der Waals surface area contributed by atoms with Gasteiger partial charge in [0.25, 0.3) is 0 Å². The summed E-state index contributed by atoms with van der Waals surface area (Å²) in [6.45, 7) is 5.24. The van der Waals surface area contributed by atoms with E-state index in [0.717, 1.165) is 12.5 Å². The molecule has 9 heavy (non-hydrogen) atoms. The Kier molecular flexibility index (Phi) is 2.52. The van der Waals surface area contributed by atoms with Gasteiger partial charge in [-0.1, -0.05) is 13.3 Å². The van der Waals surface area contributed by atoms with Crippen LogP contribution in [0.2, 0.25) is 0 Å². The van der Waals surface area contributed by atoms with Crippen molar-refractivity contribution in [1.82, 2.24) is 0 Å². The van der Waals surface area contributed by atoms with Crippen molar-refractivity contribution in [3.05, 3.63) is 0 Å². The molecule has 0 aliphatic heterocycles. The summed E-state index contributed by atoms with van der Waals surface area (Å²) in [5.74, 6) is 0.810. The summed E-state index contributed by atoms with van der Waals surface area (Å²) >= 11 is 0. The van der Waals surface area contributed by atoms with Gasteiger partial charge in [-0.2, -0.15) is 0 Å². The van der Waals surface area contributed by atoms with Gasteiger partial charge in [0.05, 0.1) is 6.10 Å². The van der Waals surface area contributed by atoms with Gasteiger partial charge in [-0.3, -0.25) is 0 Å². The van der Waals surface area contributed by atoms with Crippen LogP contribution >= 0.6 is 0 Å². The SMILES string of the molecule is CCO[C@@H]1CCC[C@H]1C. The molecule has 0 aromatic carbocycles. The summed E-state index contributed by atoms with van der Waals surface area (Å²) in [6, 6.07) is 0. The molecule has 0 radical (unpaired) electrons. The van der Waals surface area contributed by atoms with Crippen molar-refractivity contribution in [3.63, 3.8) is 0 Å². The minimum absolute atomic E-state index is 0.579. The smallest absolute Gasteiger partial charge is 0.0600 e. The second-order valence-electron chi connectivity index (χ2n) is 2.90. The third kappa shape index (κ3) is 1.68. The van der Waals surface area contributed by atoms with Crippen LogP contribution in [-0.2, 0) is 4.74 Å². The van der Waals surface area contributed by atoms with E-state index >= 15 is 0 Å². The van der Waals surface area contributed by atoms with E-state index in [-0.39, 0.29) is 0 Å². The van der Waals surface area contributed by atoms with Gasteiger partial charge in [0.2, 0.25) is 0 Å². The number of ether oxygens (including phenoxy) is 1. The van der Waals surface area contributed by atoms with Crippen LogP contribution < -0.4 is 0 Å². The second kappa shape index (κ2) is 3.21. The number of rotatable bonds is 2. The second-order valence-corrected chi connectivity index (χ2v) is 2.90. The normalized spacial score (nSPS) is 35.3. The molecule has 1 saturated carbocycles. The Labute approximate surface area is 57.4 Å². The molecule has 0 saturated heterocycles. The molecule has 54 valence electrons. The largest absolute Gasteiger partial charge is 0.378 e. The Morgan fingerprint density at radius 3 is 2.67 bits per heavy atom. The van der Waals surface area contributed by atoms with Gasteiger partial charge < -0.3 is 4.74 Å². The lowest BCUT2D eigenvalue weighted by Gasteiger charge is -2.13. The molecule has 0 unspecified atom stereocenters. The van der Waals surface area contributed by atoms with Crippen LogP contribution in [0.5, 0.6) is 0 Å². The summed E-state index contributed by atoms with van der Waals surface area (Å²) < 4.78 is 5.52. The molecule has 0 N–H and O–H groups in total. The lowest BCUT2D eigenvalue weighted by molar-refractivity contribution is 0.0414. The summed E-state index contributed by atoms with van der Waals surface area (Å²) in [5, 5.41) is 0. The average Bonchev–Trinajstić information content (AvgIpc) is 2.18. The Morgan fingerprint density at radius 1 is 1.44 bits per heavy atom. The quantitative estimate of drug-likeness (QED) is 0.554. The molecule has 1 fully saturated rings. The van der Waals surface area contributed by atoms with E-state index < -0.39 is 0 Å². The summed E-state index contributed by atoms with van der Waals surface area (Å²) in [7, 11) is 0. The molecule has 0 amide bonds. The van der Waals surface area contributed by atoms with Crippen molar-refractivity contribution in [2.45, 2.75) is 39.2 Å². The maximum absolute atomic E-state index is 5.52. The van der Waals surface area contributed by atoms with E-state index in [1.54, 1.807) is 0 Å². The van der Waals surface area contributed by atoms with Gasteiger partial charge in [0.15, 0.2) is 0 Å². The van der Waals surface area contributed by atoms with Gasteiger partial charge in [0.1, 0.15) is 0 Å². The first-order chi connectivity index (χ1) is 4.34. The maximum Gasteiger partial charge on any atom is 0.0600 e. The zero-order valence-corrected chi connectivity index (χ0v) is 6.39. The van der Waals surface area contributed by atoms with Crippen LogP contribution in [0.15, 0.2) is 0 Å². The van der Waals surface area contributed by atoms with E-state index in [4.69, 9.17) is 4.74 Å². The lowest BCUT2D eigenvalue weighted by atomic mass is 10.1. The topological polar surface area (TPSA) is 9.23 Å². The first kappa shape index (κ1) is 7.07. The molecule has 1 nitrogen and oxygen atoms in total. The Balaban J connectivity index is 2.22. The molecule has 1 aliphatic rings. The van der Waals surface area contributed by atoms with Crippen LogP contribution in [0.25, 0.3) is 0 Å². The monoisotopic (exact) mass is 128 g/mol. The maximum atomic E-state index is 5.52. The highest BCUT2D eigenvalue weighted by molar-refractivity contribution is 4.73. The van der Waals surface area contributed by atoms with Crippen LogP contribution in [-0.4, -0.2) is 12.7 Å². The highest BCUT2D eigenvalue weighted by Gasteiger charge is 2.22. The molecule has 2 atom stereocenters. The Bertz CT molecular complexity index is 80.6. The molecule has 0 heterocycles. The van der Waals surface area contributed by atoms with Crippen molar-refractivity contribution in [2.24, 2.45) is 5.92 Å². The van der Waals surface area contributed by atoms with Crippen molar-refractivity contribution in [2.75, 3.05) is 6.61 Å². The van der Waals surface area contributed by atoms with E-state index in [2.05, 4.69) is 13.8 Å². The van der Waals surface area contributed by atoms with E-state index in [9.17, 15) is 0 Å². The van der Waals surface area contributed by atoms with Crippen LogP contribution in [0.1, 0.15) is 33.1 Å². The van der Waals surface area contributed by atoms with Crippen LogP contribution in [0.4, 0.5) is 0 Å².